The number of carboxylic acids is 1. The zero-order chi connectivity index (χ0) is 21.2. The molecule has 0 aromatic heterocycles. The van der Waals surface area contributed by atoms with Gasteiger partial charge in [-0.3, -0.25) is 0 Å². The Kier molecular flexibility index (Phi) is 6.16. The van der Waals surface area contributed by atoms with E-state index in [0.717, 1.165) is 6.08 Å². The molecule has 29 heavy (non-hydrogen) atoms. The topological polar surface area (TPSA) is 87.2 Å². The van der Waals surface area contributed by atoms with Crippen molar-refractivity contribution in [1.82, 2.24) is 4.31 Å². The molecule has 0 saturated carbocycles. The average molecular weight is 419 g/mol. The molecule has 1 atom stereocenters. The van der Waals surface area contributed by atoms with Gasteiger partial charge in [-0.1, -0.05) is 25.1 Å². The Morgan fingerprint density at radius 2 is 2.07 bits per heavy atom. The van der Waals surface area contributed by atoms with Crippen LogP contribution in [0.15, 0.2) is 47.4 Å². The van der Waals surface area contributed by atoms with Crippen molar-refractivity contribution in [2.24, 2.45) is 0 Å². The maximum atomic E-state index is 14.6. The number of carbonyl (C=O) groups is 1. The molecule has 1 aliphatic rings. The number of rotatable bonds is 8. The van der Waals surface area contributed by atoms with Crippen LogP contribution in [0.2, 0.25) is 0 Å². The Morgan fingerprint density at radius 1 is 1.34 bits per heavy atom. The van der Waals surface area contributed by atoms with Crippen molar-refractivity contribution >= 4 is 22.1 Å². The van der Waals surface area contributed by atoms with E-state index in [0.29, 0.717) is 29.7 Å². The van der Waals surface area contributed by atoms with Gasteiger partial charge >= 0.3 is 5.97 Å². The summed E-state index contributed by atoms with van der Waals surface area (Å²) in [6, 6.07) is 9.05. The normalized spacial score (nSPS) is 16.5. The maximum Gasteiger partial charge on any atom is 0.328 e. The molecule has 1 fully saturated rings. The summed E-state index contributed by atoms with van der Waals surface area (Å²) >= 11 is 0. The highest BCUT2D eigenvalue weighted by Gasteiger charge is 2.31. The van der Waals surface area contributed by atoms with Crippen LogP contribution in [0.1, 0.15) is 18.1 Å². The van der Waals surface area contributed by atoms with E-state index in [4.69, 9.17) is 9.84 Å². The van der Waals surface area contributed by atoms with Gasteiger partial charge in [0.2, 0.25) is 10.0 Å². The molecule has 6 nitrogen and oxygen atoms in total. The van der Waals surface area contributed by atoms with Crippen LogP contribution in [0.5, 0.6) is 0 Å². The number of hydrogen-bond acceptors (Lipinski definition) is 4. The minimum absolute atomic E-state index is 0.0684. The molecule has 2 aromatic rings. The van der Waals surface area contributed by atoms with Gasteiger partial charge in [-0.05, 0) is 47.4 Å². The average Bonchev–Trinajstić information content (AvgIpc) is 3.49. The fraction of sp³-hybridized carbons (Fsp3) is 0.286. The first-order valence-corrected chi connectivity index (χ1v) is 10.6. The quantitative estimate of drug-likeness (QED) is 0.525. The van der Waals surface area contributed by atoms with Crippen molar-refractivity contribution in [3.05, 3.63) is 59.4 Å². The van der Waals surface area contributed by atoms with E-state index in [1.54, 1.807) is 18.2 Å². The third kappa shape index (κ3) is 4.72. The number of hydrogen-bond donors (Lipinski definition) is 1. The predicted molar refractivity (Wildman–Crippen MR) is 107 cm³/mol. The predicted octanol–water partition coefficient (Wildman–Crippen LogP) is 3.17. The van der Waals surface area contributed by atoms with Gasteiger partial charge in [0.15, 0.2) is 0 Å². The van der Waals surface area contributed by atoms with E-state index in [-0.39, 0.29) is 23.1 Å². The van der Waals surface area contributed by atoms with Crippen LogP contribution in [0.4, 0.5) is 4.39 Å². The molecule has 0 radical (unpaired) electrons. The number of carboxylic acid groups (broad SMARTS) is 1. The minimum atomic E-state index is -3.71. The third-order valence-corrected chi connectivity index (χ3v) is 6.66. The highest BCUT2D eigenvalue weighted by atomic mass is 32.2. The Bertz CT molecular complexity index is 1060. The van der Waals surface area contributed by atoms with Gasteiger partial charge < -0.3 is 9.84 Å². The SMILES string of the molecule is CCc1cc(-c2c(F)cccc2/C=C/C(=O)O)ccc1S(=O)(=O)N(C)C[C@H]1CO1. The number of benzene rings is 2. The van der Waals surface area contributed by atoms with Crippen molar-refractivity contribution in [1.29, 1.82) is 0 Å². The lowest BCUT2D eigenvalue weighted by Gasteiger charge is -2.19. The van der Waals surface area contributed by atoms with Gasteiger partial charge in [0.1, 0.15) is 5.82 Å². The summed E-state index contributed by atoms with van der Waals surface area (Å²) in [6.07, 6.45) is 2.62. The highest BCUT2D eigenvalue weighted by molar-refractivity contribution is 7.89. The van der Waals surface area contributed by atoms with Gasteiger partial charge in [-0.15, -0.1) is 0 Å². The van der Waals surface area contributed by atoms with Crippen molar-refractivity contribution in [3.63, 3.8) is 0 Å². The Balaban J connectivity index is 2.05. The second-order valence-corrected chi connectivity index (χ2v) is 8.81. The third-order valence-electron chi connectivity index (χ3n) is 4.73. The molecule has 1 heterocycles. The smallest absolute Gasteiger partial charge is 0.328 e. The van der Waals surface area contributed by atoms with Gasteiger partial charge in [-0.2, -0.15) is 4.31 Å². The van der Waals surface area contributed by atoms with E-state index in [9.17, 15) is 17.6 Å². The minimum Gasteiger partial charge on any atom is -0.478 e. The van der Waals surface area contributed by atoms with Crippen LogP contribution in [-0.4, -0.2) is 50.1 Å². The number of halogens is 1. The van der Waals surface area contributed by atoms with Crippen LogP contribution >= 0.6 is 0 Å². The molecule has 8 heteroatoms. The van der Waals surface area contributed by atoms with Gasteiger partial charge in [0.25, 0.3) is 0 Å². The molecule has 1 saturated heterocycles. The molecule has 0 unspecified atom stereocenters. The summed E-state index contributed by atoms with van der Waals surface area (Å²) in [6.45, 7) is 2.67. The van der Waals surface area contributed by atoms with Crippen LogP contribution < -0.4 is 0 Å². The number of sulfonamides is 1. The lowest BCUT2D eigenvalue weighted by atomic mass is 9.96. The van der Waals surface area contributed by atoms with Crippen LogP contribution in [0.25, 0.3) is 17.2 Å². The molecule has 0 aliphatic carbocycles. The van der Waals surface area contributed by atoms with Gasteiger partial charge in [-0.25, -0.2) is 17.6 Å². The van der Waals surface area contributed by atoms with Crippen molar-refractivity contribution in [2.45, 2.75) is 24.3 Å². The standard InChI is InChI=1S/C21H22FNO5S/c1-3-14-11-16(21-15(8-10-20(24)25)5-4-6-18(21)22)7-9-19(14)29(26,27)23(2)12-17-13-28-17/h4-11,17H,3,12-13H2,1-2H3,(H,24,25)/b10-8+/t17-/m0/s1. The van der Waals surface area contributed by atoms with Crippen molar-refractivity contribution in [3.8, 4) is 11.1 Å². The monoisotopic (exact) mass is 419 g/mol. The summed E-state index contributed by atoms with van der Waals surface area (Å²) in [5.74, 6) is -1.66. The van der Waals surface area contributed by atoms with E-state index >= 15 is 0 Å². The van der Waals surface area contributed by atoms with E-state index in [2.05, 4.69) is 0 Å². The van der Waals surface area contributed by atoms with Crippen LogP contribution in [-0.2, 0) is 26.0 Å². The molecule has 0 spiro atoms. The number of epoxide rings is 1. The van der Waals surface area contributed by atoms with Crippen molar-refractivity contribution < 1.29 is 27.4 Å². The molecule has 3 rings (SSSR count). The molecule has 2 aromatic carbocycles. The number of likely N-dealkylation sites (N-methyl/N-ethyl adjacent to an activating group) is 1. The number of ether oxygens (including phenoxy) is 1. The number of aliphatic carboxylic acids is 1. The number of nitrogens with zero attached hydrogens (tertiary/aromatic N) is 1. The molecular formula is C21H22FNO5S. The first kappa shape index (κ1) is 21.2. The van der Waals surface area contributed by atoms with Crippen LogP contribution in [0.3, 0.4) is 0 Å². The second kappa shape index (κ2) is 8.44. The number of aryl methyl sites for hydroxylation is 1. The Labute approximate surface area is 169 Å². The fourth-order valence-electron chi connectivity index (χ4n) is 3.13. The van der Waals surface area contributed by atoms with Gasteiger partial charge in [0.05, 0.1) is 17.6 Å². The summed E-state index contributed by atoms with van der Waals surface area (Å²) in [5, 5.41) is 8.87. The van der Waals surface area contributed by atoms with E-state index in [1.807, 2.05) is 6.92 Å². The summed E-state index contributed by atoms with van der Waals surface area (Å²) in [5.41, 5.74) is 1.66. The summed E-state index contributed by atoms with van der Waals surface area (Å²) < 4.78 is 46.9. The molecule has 1 N–H and O–H groups in total. The van der Waals surface area contributed by atoms with Crippen LogP contribution in [0, 0.1) is 5.82 Å². The second-order valence-electron chi connectivity index (χ2n) is 6.79. The zero-order valence-electron chi connectivity index (χ0n) is 16.1. The molecule has 1 aliphatic heterocycles. The zero-order valence-corrected chi connectivity index (χ0v) is 16.9. The first-order valence-electron chi connectivity index (χ1n) is 9.14. The first-order chi connectivity index (χ1) is 13.7. The summed E-state index contributed by atoms with van der Waals surface area (Å²) in [4.78, 5) is 11.0. The molecule has 0 bridgehead atoms. The maximum absolute atomic E-state index is 14.6. The summed E-state index contributed by atoms with van der Waals surface area (Å²) in [7, 11) is -2.20. The van der Waals surface area contributed by atoms with Gasteiger partial charge in [0, 0.05) is 25.2 Å². The lowest BCUT2D eigenvalue weighted by molar-refractivity contribution is -0.131. The Morgan fingerprint density at radius 3 is 2.69 bits per heavy atom. The molecule has 154 valence electrons. The van der Waals surface area contributed by atoms with E-state index < -0.39 is 21.8 Å². The largest absolute Gasteiger partial charge is 0.478 e. The lowest BCUT2D eigenvalue weighted by Crippen LogP contribution is -2.31. The van der Waals surface area contributed by atoms with E-state index in [1.165, 1.54) is 35.6 Å². The molecular weight excluding hydrogens is 397 g/mol. The fourth-order valence-corrected chi connectivity index (χ4v) is 4.61. The molecule has 0 amide bonds. The Hall–Kier alpha value is -2.55. The van der Waals surface area contributed by atoms with Crippen molar-refractivity contribution in [2.75, 3.05) is 20.2 Å². The highest BCUT2D eigenvalue weighted by Crippen LogP contribution is 2.32.